The highest BCUT2D eigenvalue weighted by atomic mass is 32.1. The van der Waals surface area contributed by atoms with Gasteiger partial charge in [-0.15, -0.1) is 11.3 Å². The molecule has 1 aromatic heterocycles. The Balaban J connectivity index is 2.10. The number of thiazole rings is 1. The normalized spacial score (nSPS) is 25.1. The van der Waals surface area contributed by atoms with Crippen LogP contribution in [0, 0.1) is 13.8 Å². The molecule has 2 rings (SSSR count). The van der Waals surface area contributed by atoms with Gasteiger partial charge >= 0.3 is 0 Å². The van der Waals surface area contributed by atoms with Gasteiger partial charge in [-0.1, -0.05) is 0 Å². The van der Waals surface area contributed by atoms with Crippen LogP contribution in [-0.2, 0) is 6.54 Å². The number of aromatic nitrogens is 1. The van der Waals surface area contributed by atoms with Gasteiger partial charge in [-0.05, 0) is 47.6 Å². The van der Waals surface area contributed by atoms with E-state index in [1.54, 1.807) is 0 Å². The highest BCUT2D eigenvalue weighted by Gasteiger charge is 2.28. The second-order valence-corrected chi connectivity index (χ2v) is 7.39. The summed E-state index contributed by atoms with van der Waals surface area (Å²) >= 11 is 1.84. The van der Waals surface area contributed by atoms with Gasteiger partial charge in [0, 0.05) is 23.0 Å². The predicted molar refractivity (Wildman–Crippen MR) is 78.2 cm³/mol. The fourth-order valence-corrected chi connectivity index (χ4v) is 3.47. The fourth-order valence-electron chi connectivity index (χ4n) is 2.51. The summed E-state index contributed by atoms with van der Waals surface area (Å²) in [5, 5.41) is 4.88. The molecule has 1 aromatic rings. The van der Waals surface area contributed by atoms with Gasteiger partial charge in [0.2, 0.25) is 0 Å². The molecule has 0 aliphatic carbocycles. The van der Waals surface area contributed by atoms with E-state index in [-0.39, 0.29) is 5.54 Å². The zero-order valence-corrected chi connectivity index (χ0v) is 13.0. The molecule has 0 spiro atoms. The molecule has 1 unspecified atom stereocenters. The molecule has 3 nitrogen and oxygen atoms in total. The largest absolute Gasteiger partial charge is 0.310 e. The molecule has 2 heterocycles. The van der Waals surface area contributed by atoms with Gasteiger partial charge in [-0.2, -0.15) is 0 Å². The van der Waals surface area contributed by atoms with Crippen LogP contribution in [0.5, 0.6) is 0 Å². The zero-order valence-electron chi connectivity index (χ0n) is 12.2. The van der Waals surface area contributed by atoms with Crippen molar-refractivity contribution in [2.75, 3.05) is 13.1 Å². The number of nitrogens with one attached hydrogen (secondary N) is 1. The Morgan fingerprint density at radius 3 is 2.78 bits per heavy atom. The van der Waals surface area contributed by atoms with E-state index in [4.69, 9.17) is 0 Å². The van der Waals surface area contributed by atoms with Crippen LogP contribution < -0.4 is 5.32 Å². The van der Waals surface area contributed by atoms with E-state index < -0.39 is 0 Å². The Labute approximate surface area is 115 Å². The first-order valence-corrected chi connectivity index (χ1v) is 7.61. The summed E-state index contributed by atoms with van der Waals surface area (Å²) in [7, 11) is 0. The summed E-state index contributed by atoms with van der Waals surface area (Å²) < 4.78 is 0. The lowest BCUT2D eigenvalue weighted by Gasteiger charge is -2.32. The van der Waals surface area contributed by atoms with Crippen molar-refractivity contribution in [3.63, 3.8) is 0 Å². The average molecular weight is 267 g/mol. The number of nitrogens with zero attached hydrogens (tertiary/aromatic N) is 2. The first kappa shape index (κ1) is 14.0. The molecule has 0 bridgehead atoms. The van der Waals surface area contributed by atoms with Crippen molar-refractivity contribution >= 4 is 11.3 Å². The summed E-state index contributed by atoms with van der Waals surface area (Å²) in [5.74, 6) is 0. The number of rotatable bonds is 2. The maximum absolute atomic E-state index is 4.67. The number of aryl methyl sites for hydroxylation is 2. The molecule has 0 radical (unpaired) electrons. The molecule has 0 amide bonds. The van der Waals surface area contributed by atoms with Crippen LogP contribution in [0.3, 0.4) is 0 Å². The van der Waals surface area contributed by atoms with E-state index in [9.17, 15) is 0 Å². The lowest BCUT2D eigenvalue weighted by Crippen LogP contribution is -2.47. The van der Waals surface area contributed by atoms with Crippen LogP contribution in [0.4, 0.5) is 0 Å². The molecule has 1 aliphatic rings. The van der Waals surface area contributed by atoms with Gasteiger partial charge in [-0.25, -0.2) is 4.98 Å². The van der Waals surface area contributed by atoms with Crippen LogP contribution in [0.1, 0.15) is 42.8 Å². The molecule has 1 atom stereocenters. The zero-order chi connectivity index (χ0) is 13.3. The van der Waals surface area contributed by atoms with Gasteiger partial charge in [-0.3, -0.25) is 4.90 Å². The maximum atomic E-state index is 4.67. The van der Waals surface area contributed by atoms with Crippen molar-refractivity contribution < 1.29 is 0 Å². The minimum Gasteiger partial charge on any atom is -0.310 e. The Morgan fingerprint density at radius 2 is 2.17 bits per heavy atom. The topological polar surface area (TPSA) is 28.2 Å². The lowest BCUT2D eigenvalue weighted by molar-refractivity contribution is 0.173. The van der Waals surface area contributed by atoms with E-state index in [2.05, 4.69) is 49.8 Å². The third-order valence-corrected chi connectivity index (χ3v) is 4.86. The predicted octanol–water partition coefficient (Wildman–Crippen LogP) is 2.72. The van der Waals surface area contributed by atoms with Gasteiger partial charge in [0.1, 0.15) is 5.01 Å². The summed E-state index contributed by atoms with van der Waals surface area (Å²) in [6, 6.07) is 0.629. The Kier molecular flexibility index (Phi) is 4.09. The van der Waals surface area contributed by atoms with Crippen molar-refractivity contribution in [1.82, 2.24) is 15.2 Å². The Bertz CT molecular complexity index is 392. The molecular weight excluding hydrogens is 242 g/mol. The number of hydrogen-bond donors (Lipinski definition) is 1. The first-order chi connectivity index (χ1) is 8.37. The van der Waals surface area contributed by atoms with Crippen molar-refractivity contribution in [2.45, 2.75) is 59.2 Å². The molecule has 1 fully saturated rings. The van der Waals surface area contributed by atoms with E-state index >= 15 is 0 Å². The smallest absolute Gasteiger partial charge is 0.107 e. The molecular formula is C14H25N3S. The second kappa shape index (κ2) is 5.27. The highest BCUT2D eigenvalue weighted by Crippen LogP contribution is 2.22. The minimum atomic E-state index is 0.201. The van der Waals surface area contributed by atoms with Crippen molar-refractivity contribution in [3.05, 3.63) is 15.6 Å². The SMILES string of the molecule is Cc1nc(CN2CC(C)(C)NCCC2C)sc1C. The van der Waals surface area contributed by atoms with E-state index in [0.29, 0.717) is 6.04 Å². The Morgan fingerprint density at radius 1 is 1.44 bits per heavy atom. The number of hydrogen-bond acceptors (Lipinski definition) is 4. The van der Waals surface area contributed by atoms with Crippen molar-refractivity contribution in [2.24, 2.45) is 0 Å². The summed E-state index contributed by atoms with van der Waals surface area (Å²) in [5.41, 5.74) is 1.39. The van der Waals surface area contributed by atoms with E-state index in [1.807, 2.05) is 11.3 Å². The first-order valence-electron chi connectivity index (χ1n) is 6.79. The van der Waals surface area contributed by atoms with Crippen LogP contribution in [0.15, 0.2) is 0 Å². The molecule has 1 aliphatic heterocycles. The third kappa shape index (κ3) is 3.31. The standard InChI is InChI=1S/C14H25N3S/c1-10-6-7-15-14(4,5)9-17(10)8-13-16-11(2)12(3)18-13/h10,15H,6-9H2,1-5H3. The van der Waals surface area contributed by atoms with Gasteiger partial charge in [0.05, 0.1) is 12.2 Å². The van der Waals surface area contributed by atoms with Gasteiger partial charge in [0.25, 0.3) is 0 Å². The molecule has 1 N–H and O–H groups in total. The third-order valence-electron chi connectivity index (χ3n) is 3.80. The molecule has 0 saturated carbocycles. The second-order valence-electron chi connectivity index (χ2n) is 6.10. The summed E-state index contributed by atoms with van der Waals surface area (Å²) in [6.45, 7) is 14.4. The molecule has 1 saturated heterocycles. The minimum absolute atomic E-state index is 0.201. The average Bonchev–Trinajstić information content (AvgIpc) is 2.49. The van der Waals surface area contributed by atoms with E-state index in [1.165, 1.54) is 22.0 Å². The maximum Gasteiger partial charge on any atom is 0.107 e. The molecule has 102 valence electrons. The monoisotopic (exact) mass is 267 g/mol. The van der Waals surface area contributed by atoms with Crippen molar-refractivity contribution in [3.8, 4) is 0 Å². The van der Waals surface area contributed by atoms with Crippen LogP contribution in [0.2, 0.25) is 0 Å². The molecule has 4 heteroatoms. The van der Waals surface area contributed by atoms with Crippen LogP contribution >= 0.6 is 11.3 Å². The quantitative estimate of drug-likeness (QED) is 0.893. The molecule has 0 aromatic carbocycles. The van der Waals surface area contributed by atoms with Crippen molar-refractivity contribution in [1.29, 1.82) is 0 Å². The van der Waals surface area contributed by atoms with E-state index in [0.717, 1.165) is 19.6 Å². The summed E-state index contributed by atoms with van der Waals surface area (Å²) in [6.07, 6.45) is 1.22. The molecule has 18 heavy (non-hydrogen) atoms. The fraction of sp³-hybridized carbons (Fsp3) is 0.786. The van der Waals surface area contributed by atoms with Gasteiger partial charge < -0.3 is 5.32 Å². The Hall–Kier alpha value is -0.450. The lowest BCUT2D eigenvalue weighted by atomic mass is 10.1. The summed E-state index contributed by atoms with van der Waals surface area (Å²) in [4.78, 5) is 8.59. The van der Waals surface area contributed by atoms with Crippen LogP contribution in [0.25, 0.3) is 0 Å². The van der Waals surface area contributed by atoms with Gasteiger partial charge in [0.15, 0.2) is 0 Å². The van der Waals surface area contributed by atoms with Crippen LogP contribution in [-0.4, -0.2) is 34.6 Å². The highest BCUT2D eigenvalue weighted by molar-refractivity contribution is 7.11.